The van der Waals surface area contributed by atoms with E-state index in [0.29, 0.717) is 11.3 Å². The molecule has 0 spiro atoms. The number of anilines is 1. The zero-order valence-corrected chi connectivity index (χ0v) is 13.9. The molecule has 0 radical (unpaired) electrons. The summed E-state index contributed by atoms with van der Waals surface area (Å²) < 4.78 is 1.99. The van der Waals surface area contributed by atoms with Crippen molar-refractivity contribution in [3.63, 3.8) is 0 Å². The molecule has 4 aromatic rings. The summed E-state index contributed by atoms with van der Waals surface area (Å²) in [6, 6.07) is 10.8. The summed E-state index contributed by atoms with van der Waals surface area (Å²) >= 11 is 7.53. The van der Waals surface area contributed by atoms with Crippen LogP contribution in [0.4, 0.5) is 5.69 Å². The van der Waals surface area contributed by atoms with Gasteiger partial charge in [0, 0.05) is 35.2 Å². The Morgan fingerprint density at radius 1 is 1.21 bits per heavy atom. The second kappa shape index (κ2) is 6.07. The molecule has 7 heteroatoms. The highest BCUT2D eigenvalue weighted by Gasteiger charge is 2.11. The highest BCUT2D eigenvalue weighted by molar-refractivity contribution is 7.15. The van der Waals surface area contributed by atoms with E-state index >= 15 is 0 Å². The van der Waals surface area contributed by atoms with Crippen molar-refractivity contribution in [1.82, 2.24) is 14.4 Å². The van der Waals surface area contributed by atoms with Crippen LogP contribution in [0.2, 0.25) is 5.15 Å². The maximum Gasteiger partial charge on any atom is 0.258 e. The van der Waals surface area contributed by atoms with E-state index in [9.17, 15) is 4.79 Å². The predicted molar refractivity (Wildman–Crippen MR) is 95.7 cm³/mol. The highest BCUT2D eigenvalue weighted by atomic mass is 35.5. The maximum atomic E-state index is 12.2. The number of pyridine rings is 1. The van der Waals surface area contributed by atoms with E-state index in [1.807, 2.05) is 46.4 Å². The molecule has 0 aliphatic heterocycles. The first kappa shape index (κ1) is 14.9. The Hall–Kier alpha value is -2.70. The Labute approximate surface area is 146 Å². The summed E-state index contributed by atoms with van der Waals surface area (Å²) in [6.45, 7) is 0. The first-order chi connectivity index (χ1) is 11.7. The number of benzene rings is 1. The Morgan fingerprint density at radius 2 is 2.04 bits per heavy atom. The number of carbonyl (C=O) groups excluding carboxylic acids is 1. The lowest BCUT2D eigenvalue weighted by Crippen LogP contribution is -2.12. The Bertz CT molecular complexity index is 994. The van der Waals surface area contributed by atoms with Gasteiger partial charge in [0.1, 0.15) is 5.15 Å². The van der Waals surface area contributed by atoms with E-state index in [1.54, 1.807) is 29.7 Å². The number of carbonyl (C=O) groups is 1. The number of nitrogens with zero attached hydrogens (tertiary/aromatic N) is 3. The number of thiazole rings is 1. The largest absolute Gasteiger partial charge is 0.322 e. The topological polar surface area (TPSA) is 59.3 Å². The van der Waals surface area contributed by atoms with Crippen LogP contribution in [0.5, 0.6) is 0 Å². The second-order valence-corrected chi connectivity index (χ2v) is 6.32. The van der Waals surface area contributed by atoms with Crippen LogP contribution < -0.4 is 5.32 Å². The molecule has 0 aliphatic carbocycles. The van der Waals surface area contributed by atoms with Crippen molar-refractivity contribution in [2.45, 2.75) is 0 Å². The van der Waals surface area contributed by atoms with E-state index in [1.165, 1.54) is 0 Å². The fourth-order valence-electron chi connectivity index (χ4n) is 2.34. The third-order valence-corrected chi connectivity index (χ3v) is 4.61. The molecule has 0 unspecified atom stereocenters. The van der Waals surface area contributed by atoms with Crippen molar-refractivity contribution >= 4 is 39.5 Å². The normalized spacial score (nSPS) is 10.9. The molecule has 0 fully saturated rings. The summed E-state index contributed by atoms with van der Waals surface area (Å²) in [5.41, 5.74) is 2.92. The van der Waals surface area contributed by atoms with Crippen molar-refractivity contribution in [3.8, 4) is 11.3 Å². The van der Waals surface area contributed by atoms with Crippen molar-refractivity contribution in [1.29, 1.82) is 0 Å². The van der Waals surface area contributed by atoms with Crippen molar-refractivity contribution < 1.29 is 4.79 Å². The fraction of sp³-hybridized carbons (Fsp3) is 0. The third kappa shape index (κ3) is 2.77. The van der Waals surface area contributed by atoms with Crippen LogP contribution in [0.3, 0.4) is 0 Å². The Morgan fingerprint density at radius 3 is 2.79 bits per heavy atom. The molecule has 3 aromatic heterocycles. The van der Waals surface area contributed by atoms with Gasteiger partial charge in [0.2, 0.25) is 0 Å². The molecule has 5 nitrogen and oxygen atoms in total. The molecule has 0 saturated heterocycles. The first-order valence-corrected chi connectivity index (χ1v) is 8.41. The monoisotopic (exact) mass is 354 g/mol. The molecule has 1 amide bonds. The standard InChI is InChI=1S/C17H11ClN4OS/c18-15-13(2-1-7-19-15)16(23)20-12-5-3-11(4-6-12)14-10-22-8-9-24-17(22)21-14/h1-10H,(H,20,23). The minimum Gasteiger partial charge on any atom is -0.322 e. The van der Waals surface area contributed by atoms with Crippen molar-refractivity contribution in [2.75, 3.05) is 5.32 Å². The van der Waals surface area contributed by atoms with Gasteiger partial charge in [0.25, 0.3) is 5.91 Å². The zero-order valence-electron chi connectivity index (χ0n) is 12.3. The lowest BCUT2D eigenvalue weighted by atomic mass is 10.1. The summed E-state index contributed by atoms with van der Waals surface area (Å²) in [4.78, 5) is 21.6. The highest BCUT2D eigenvalue weighted by Crippen LogP contribution is 2.23. The third-order valence-electron chi connectivity index (χ3n) is 3.54. The van der Waals surface area contributed by atoms with Crippen LogP contribution in [0.1, 0.15) is 10.4 Å². The number of halogens is 1. The van der Waals surface area contributed by atoms with E-state index in [-0.39, 0.29) is 11.1 Å². The molecular formula is C17H11ClN4OS. The van der Waals surface area contributed by atoms with Crippen LogP contribution in [0.15, 0.2) is 60.4 Å². The van der Waals surface area contributed by atoms with Gasteiger partial charge in [-0.1, -0.05) is 23.7 Å². The average Bonchev–Trinajstić information content (AvgIpc) is 3.17. The molecule has 4 rings (SSSR count). The minimum atomic E-state index is -0.289. The van der Waals surface area contributed by atoms with Crippen molar-refractivity contribution in [3.05, 3.63) is 71.1 Å². The number of amides is 1. The second-order valence-electron chi connectivity index (χ2n) is 5.09. The van der Waals surface area contributed by atoms with E-state index in [0.717, 1.165) is 16.2 Å². The quantitative estimate of drug-likeness (QED) is 0.556. The molecule has 0 bridgehead atoms. The van der Waals surface area contributed by atoms with Crippen LogP contribution in [-0.2, 0) is 0 Å². The number of nitrogens with one attached hydrogen (secondary N) is 1. The molecule has 0 aliphatic rings. The smallest absolute Gasteiger partial charge is 0.258 e. The zero-order chi connectivity index (χ0) is 16.5. The lowest BCUT2D eigenvalue weighted by molar-refractivity contribution is 0.102. The molecule has 24 heavy (non-hydrogen) atoms. The van der Waals surface area contributed by atoms with Crippen LogP contribution >= 0.6 is 22.9 Å². The number of imidazole rings is 1. The summed E-state index contributed by atoms with van der Waals surface area (Å²) in [5, 5.41) is 4.99. The number of rotatable bonds is 3. The van der Waals surface area contributed by atoms with Gasteiger partial charge < -0.3 is 5.32 Å². The molecular weight excluding hydrogens is 344 g/mol. The van der Waals surface area contributed by atoms with Crippen LogP contribution in [-0.4, -0.2) is 20.3 Å². The molecule has 1 N–H and O–H groups in total. The van der Waals surface area contributed by atoms with Gasteiger partial charge in [-0.3, -0.25) is 9.20 Å². The van der Waals surface area contributed by atoms with Gasteiger partial charge in [-0.2, -0.15) is 0 Å². The fourth-order valence-corrected chi connectivity index (χ4v) is 3.25. The van der Waals surface area contributed by atoms with E-state index in [4.69, 9.17) is 11.6 Å². The van der Waals surface area contributed by atoms with Crippen molar-refractivity contribution in [2.24, 2.45) is 0 Å². The summed E-state index contributed by atoms with van der Waals surface area (Å²) in [6.07, 6.45) is 5.50. The SMILES string of the molecule is O=C(Nc1ccc(-c2cn3ccsc3n2)cc1)c1cccnc1Cl. The van der Waals surface area contributed by atoms with Gasteiger partial charge in [-0.05, 0) is 24.3 Å². The van der Waals surface area contributed by atoms with Crippen LogP contribution in [0.25, 0.3) is 16.2 Å². The van der Waals surface area contributed by atoms with Gasteiger partial charge in [0.15, 0.2) is 4.96 Å². The lowest BCUT2D eigenvalue weighted by Gasteiger charge is -2.06. The molecule has 3 heterocycles. The number of aromatic nitrogens is 3. The summed E-state index contributed by atoms with van der Waals surface area (Å²) in [7, 11) is 0. The maximum absolute atomic E-state index is 12.2. The van der Waals surface area contributed by atoms with Gasteiger partial charge in [-0.25, -0.2) is 9.97 Å². The number of hydrogen-bond donors (Lipinski definition) is 1. The van der Waals surface area contributed by atoms with Crippen LogP contribution in [0, 0.1) is 0 Å². The van der Waals surface area contributed by atoms with E-state index < -0.39 is 0 Å². The molecule has 0 saturated carbocycles. The molecule has 118 valence electrons. The minimum absolute atomic E-state index is 0.185. The number of fused-ring (bicyclic) bond motifs is 1. The Kier molecular flexibility index (Phi) is 3.76. The average molecular weight is 355 g/mol. The first-order valence-electron chi connectivity index (χ1n) is 7.15. The van der Waals surface area contributed by atoms with Gasteiger partial charge in [0.05, 0.1) is 11.3 Å². The predicted octanol–water partition coefficient (Wildman–Crippen LogP) is 4.36. The Balaban J connectivity index is 1.54. The van der Waals surface area contributed by atoms with E-state index in [2.05, 4.69) is 15.3 Å². The summed E-state index contributed by atoms with van der Waals surface area (Å²) in [5.74, 6) is -0.289. The molecule has 1 aromatic carbocycles. The molecule has 0 atom stereocenters. The van der Waals surface area contributed by atoms with Gasteiger partial charge >= 0.3 is 0 Å². The van der Waals surface area contributed by atoms with Gasteiger partial charge in [-0.15, -0.1) is 11.3 Å². The number of hydrogen-bond acceptors (Lipinski definition) is 4.